The lowest BCUT2D eigenvalue weighted by molar-refractivity contribution is -0.199. The van der Waals surface area contributed by atoms with Crippen molar-refractivity contribution in [2.75, 3.05) is 20.8 Å². The van der Waals surface area contributed by atoms with Gasteiger partial charge in [0.2, 0.25) is 0 Å². The molecule has 15 heavy (non-hydrogen) atoms. The first-order valence-corrected chi connectivity index (χ1v) is 4.47. The van der Waals surface area contributed by atoms with Crippen LogP contribution in [0.15, 0.2) is 12.7 Å². The van der Waals surface area contributed by atoms with Crippen molar-refractivity contribution < 1.29 is 19.0 Å². The minimum atomic E-state index is -0.597. The van der Waals surface area contributed by atoms with E-state index in [1.54, 1.807) is 14.2 Å². The quantitative estimate of drug-likeness (QED) is 0.205. The van der Waals surface area contributed by atoms with Crippen molar-refractivity contribution in [2.45, 2.75) is 25.6 Å². The number of hydrogen-bond donors (Lipinski definition) is 0. The summed E-state index contributed by atoms with van der Waals surface area (Å²) in [6.07, 6.45) is 2.51. The number of methoxy groups -OCH3 is 2. The molecule has 0 N–H and O–H groups in total. The monoisotopic (exact) mass is 234 g/mol. The molecule has 0 radical (unpaired) electrons. The van der Waals surface area contributed by atoms with E-state index in [1.165, 1.54) is 0 Å². The lowest BCUT2D eigenvalue weighted by atomic mass is 10.2. The van der Waals surface area contributed by atoms with E-state index in [4.69, 9.17) is 14.2 Å². The van der Waals surface area contributed by atoms with Gasteiger partial charge >= 0.3 is 5.97 Å². The first-order chi connectivity index (χ1) is 6.58. The zero-order chi connectivity index (χ0) is 11.0. The third kappa shape index (κ3) is 7.30. The largest absolute Gasteiger partial charge is 0.463 e. The fraction of sp³-hybridized carbons (Fsp3) is 0.700. The summed E-state index contributed by atoms with van der Waals surface area (Å²) in [6, 6.07) is 0. The van der Waals surface area contributed by atoms with Gasteiger partial charge in [0.15, 0.2) is 5.79 Å². The summed E-state index contributed by atoms with van der Waals surface area (Å²) in [5.74, 6) is -0.998. The Labute approximate surface area is 95.6 Å². The van der Waals surface area contributed by atoms with Gasteiger partial charge in [-0.3, -0.25) is 0 Å². The number of carbonyl (C=O) groups is 1. The van der Waals surface area contributed by atoms with Crippen molar-refractivity contribution in [2.24, 2.45) is 0 Å². The lowest BCUT2D eigenvalue weighted by Crippen LogP contribution is -2.29. The Bertz CT molecular complexity index is 190. The summed E-state index contributed by atoms with van der Waals surface area (Å²) < 4.78 is 15.1. The van der Waals surface area contributed by atoms with Gasteiger partial charge in [-0.15, -0.1) is 0 Å². The molecule has 0 rings (SSSR count). The third-order valence-electron chi connectivity index (χ3n) is 2.05. The number of esters is 1. The summed E-state index contributed by atoms with van der Waals surface area (Å²) in [5, 5.41) is 0. The van der Waals surface area contributed by atoms with Crippen LogP contribution in [-0.2, 0) is 19.0 Å². The molecular formula is C10H22O4Si. The SMILES string of the molecule is C=CC(=O)OCCCC(C)(OC)OC.[SiH4]. The molecule has 0 aromatic carbocycles. The zero-order valence-electron chi connectivity index (χ0n) is 9.04. The Balaban J connectivity index is 0. The standard InChI is InChI=1S/C10H18O4.H4Si/c1-5-9(11)14-8-6-7-10(2,12-3)13-4;/h5H,1,6-8H2,2-4H3;1H4. The molecule has 0 spiro atoms. The van der Waals surface area contributed by atoms with Gasteiger partial charge < -0.3 is 14.2 Å². The van der Waals surface area contributed by atoms with Crippen LogP contribution < -0.4 is 0 Å². The molecule has 5 heteroatoms. The van der Waals surface area contributed by atoms with E-state index in [0.29, 0.717) is 19.4 Å². The van der Waals surface area contributed by atoms with Crippen molar-refractivity contribution in [3.63, 3.8) is 0 Å². The van der Waals surface area contributed by atoms with Crippen molar-refractivity contribution in [3.8, 4) is 0 Å². The van der Waals surface area contributed by atoms with Crippen LogP contribution in [0.2, 0.25) is 0 Å². The highest BCUT2D eigenvalue weighted by Gasteiger charge is 2.21. The number of rotatable bonds is 7. The highest BCUT2D eigenvalue weighted by Crippen LogP contribution is 2.16. The molecule has 0 aliphatic carbocycles. The summed E-state index contributed by atoms with van der Waals surface area (Å²) in [5.41, 5.74) is 0. The summed E-state index contributed by atoms with van der Waals surface area (Å²) in [7, 11) is 3.17. The van der Waals surface area contributed by atoms with Gasteiger partial charge in [0.25, 0.3) is 0 Å². The van der Waals surface area contributed by atoms with Crippen LogP contribution in [0.5, 0.6) is 0 Å². The van der Waals surface area contributed by atoms with Crippen molar-refractivity contribution >= 4 is 16.9 Å². The van der Waals surface area contributed by atoms with Crippen LogP contribution in [0.25, 0.3) is 0 Å². The first kappa shape index (κ1) is 16.8. The van der Waals surface area contributed by atoms with Crippen molar-refractivity contribution in [1.82, 2.24) is 0 Å². The minimum Gasteiger partial charge on any atom is -0.463 e. The average molecular weight is 234 g/mol. The maximum absolute atomic E-state index is 10.7. The summed E-state index contributed by atoms with van der Waals surface area (Å²) in [6.45, 7) is 5.49. The highest BCUT2D eigenvalue weighted by atomic mass is 28.1. The van der Waals surface area contributed by atoms with E-state index in [9.17, 15) is 4.79 Å². The lowest BCUT2D eigenvalue weighted by Gasteiger charge is -2.25. The molecule has 0 bridgehead atoms. The van der Waals surface area contributed by atoms with Gasteiger partial charge in [0, 0.05) is 26.7 Å². The molecular weight excluding hydrogens is 212 g/mol. The number of hydrogen-bond acceptors (Lipinski definition) is 4. The van der Waals surface area contributed by atoms with Crippen LogP contribution in [0.1, 0.15) is 19.8 Å². The maximum Gasteiger partial charge on any atom is 0.330 e. The molecule has 0 saturated heterocycles. The maximum atomic E-state index is 10.7. The predicted octanol–water partition coefficient (Wildman–Crippen LogP) is 0.0532. The molecule has 0 fully saturated rings. The van der Waals surface area contributed by atoms with E-state index < -0.39 is 11.8 Å². The van der Waals surface area contributed by atoms with Gasteiger partial charge in [-0.1, -0.05) is 6.58 Å². The molecule has 0 aliphatic rings. The Morgan fingerprint density at radius 1 is 1.40 bits per heavy atom. The Kier molecular flexibility index (Phi) is 9.66. The second kappa shape index (κ2) is 8.64. The number of carbonyl (C=O) groups excluding carboxylic acids is 1. The van der Waals surface area contributed by atoms with Crippen LogP contribution in [-0.4, -0.2) is 43.5 Å². The Hall–Kier alpha value is -0.653. The highest BCUT2D eigenvalue weighted by molar-refractivity contribution is 5.81. The average Bonchev–Trinajstić information content (AvgIpc) is 2.23. The number of ether oxygens (including phenoxy) is 3. The third-order valence-corrected chi connectivity index (χ3v) is 2.05. The molecule has 0 atom stereocenters. The van der Waals surface area contributed by atoms with Crippen LogP contribution in [0.4, 0.5) is 0 Å². The van der Waals surface area contributed by atoms with Crippen LogP contribution >= 0.6 is 0 Å². The molecule has 0 heterocycles. The fourth-order valence-corrected chi connectivity index (χ4v) is 0.912. The van der Waals surface area contributed by atoms with Gasteiger partial charge in [-0.2, -0.15) is 0 Å². The smallest absolute Gasteiger partial charge is 0.330 e. The predicted molar refractivity (Wildman–Crippen MR) is 64.1 cm³/mol. The zero-order valence-corrected chi connectivity index (χ0v) is 9.04. The minimum absolute atomic E-state index is 0. The van der Waals surface area contributed by atoms with Crippen molar-refractivity contribution in [1.29, 1.82) is 0 Å². The normalized spacial score (nSPS) is 10.3. The van der Waals surface area contributed by atoms with E-state index >= 15 is 0 Å². The molecule has 0 saturated carbocycles. The molecule has 4 nitrogen and oxygen atoms in total. The Morgan fingerprint density at radius 2 is 1.93 bits per heavy atom. The topological polar surface area (TPSA) is 44.8 Å². The first-order valence-electron chi connectivity index (χ1n) is 4.47. The van der Waals surface area contributed by atoms with Gasteiger partial charge in [-0.25, -0.2) is 4.79 Å². The molecule has 0 aliphatic heterocycles. The Morgan fingerprint density at radius 3 is 2.33 bits per heavy atom. The second-order valence-electron chi connectivity index (χ2n) is 3.02. The summed E-state index contributed by atoms with van der Waals surface area (Å²) in [4.78, 5) is 10.7. The van der Waals surface area contributed by atoms with Crippen molar-refractivity contribution in [3.05, 3.63) is 12.7 Å². The van der Waals surface area contributed by atoms with Crippen LogP contribution in [0.3, 0.4) is 0 Å². The second-order valence-corrected chi connectivity index (χ2v) is 3.02. The summed E-state index contributed by atoms with van der Waals surface area (Å²) >= 11 is 0. The van der Waals surface area contributed by atoms with E-state index in [1.807, 2.05) is 6.92 Å². The van der Waals surface area contributed by atoms with E-state index in [-0.39, 0.29) is 11.0 Å². The molecule has 0 amide bonds. The van der Waals surface area contributed by atoms with Gasteiger partial charge in [0.1, 0.15) is 0 Å². The van der Waals surface area contributed by atoms with E-state index in [0.717, 1.165) is 6.08 Å². The molecule has 90 valence electrons. The van der Waals surface area contributed by atoms with Gasteiger partial charge in [0.05, 0.1) is 6.61 Å². The van der Waals surface area contributed by atoms with Crippen LogP contribution in [0, 0.1) is 0 Å². The molecule has 0 aromatic heterocycles. The fourth-order valence-electron chi connectivity index (χ4n) is 0.912. The van der Waals surface area contributed by atoms with Gasteiger partial charge in [-0.05, 0) is 24.3 Å². The molecule has 0 aromatic rings. The molecule has 0 unspecified atom stereocenters. The van der Waals surface area contributed by atoms with E-state index in [2.05, 4.69) is 6.58 Å².